The van der Waals surface area contributed by atoms with Crippen molar-refractivity contribution in [3.63, 3.8) is 0 Å². The normalized spacial score (nSPS) is 17.0. The van der Waals surface area contributed by atoms with E-state index in [0.717, 1.165) is 35.7 Å². The van der Waals surface area contributed by atoms with E-state index in [1.54, 1.807) is 16.7 Å². The smallest absolute Gasteiger partial charge is 0.257 e. The molecule has 0 spiro atoms. The molecule has 5 nitrogen and oxygen atoms in total. The van der Waals surface area contributed by atoms with E-state index in [1.807, 2.05) is 0 Å². The minimum atomic E-state index is -0.307. The first-order chi connectivity index (χ1) is 13.1. The Morgan fingerprint density at radius 2 is 2.15 bits per heavy atom. The van der Waals surface area contributed by atoms with Gasteiger partial charge in [-0.25, -0.2) is 9.37 Å². The Labute approximate surface area is 160 Å². The number of aromatic nitrogens is 2. The summed E-state index contributed by atoms with van der Waals surface area (Å²) in [7, 11) is 0. The molecular weight excluding hydrogens is 365 g/mol. The number of aryl methyl sites for hydroxylation is 1. The Hall–Kier alpha value is -2.59. The van der Waals surface area contributed by atoms with Gasteiger partial charge in [0.1, 0.15) is 5.82 Å². The van der Waals surface area contributed by atoms with Gasteiger partial charge in [0.2, 0.25) is 5.91 Å². The van der Waals surface area contributed by atoms with E-state index in [2.05, 4.69) is 22.1 Å². The van der Waals surface area contributed by atoms with Gasteiger partial charge in [0.25, 0.3) is 5.56 Å². The Morgan fingerprint density at radius 1 is 1.33 bits per heavy atom. The highest BCUT2D eigenvalue weighted by molar-refractivity contribution is 7.99. The fourth-order valence-electron chi connectivity index (χ4n) is 3.41. The summed E-state index contributed by atoms with van der Waals surface area (Å²) in [5, 5.41) is 3.49. The number of nitrogens with zero attached hydrogens (tertiary/aromatic N) is 2. The van der Waals surface area contributed by atoms with Crippen LogP contribution in [-0.4, -0.2) is 27.8 Å². The van der Waals surface area contributed by atoms with Crippen LogP contribution in [0, 0.1) is 17.7 Å². The number of benzene rings is 1. The van der Waals surface area contributed by atoms with E-state index in [0.29, 0.717) is 11.3 Å². The summed E-state index contributed by atoms with van der Waals surface area (Å²) in [6.07, 6.45) is 2.86. The second-order valence-electron chi connectivity index (χ2n) is 6.60. The van der Waals surface area contributed by atoms with Crippen molar-refractivity contribution in [2.45, 2.75) is 36.9 Å². The van der Waals surface area contributed by atoms with Crippen LogP contribution in [0.1, 0.15) is 35.7 Å². The number of fused-ring (bicyclic) bond motifs is 2. The summed E-state index contributed by atoms with van der Waals surface area (Å²) >= 11 is 1.54. The lowest BCUT2D eigenvalue weighted by Gasteiger charge is -2.13. The first-order valence-electron chi connectivity index (χ1n) is 8.90. The van der Waals surface area contributed by atoms with Crippen LogP contribution in [0.5, 0.6) is 0 Å². The van der Waals surface area contributed by atoms with Gasteiger partial charge in [0.05, 0.1) is 18.3 Å². The summed E-state index contributed by atoms with van der Waals surface area (Å²) < 4.78 is 14.5. The highest BCUT2D eigenvalue weighted by atomic mass is 32.2. The van der Waals surface area contributed by atoms with E-state index >= 15 is 0 Å². The molecule has 0 radical (unpaired) electrons. The molecule has 1 aromatic carbocycles. The van der Waals surface area contributed by atoms with Crippen LogP contribution in [0.4, 0.5) is 4.39 Å². The number of hydrogen-bond acceptors (Lipinski definition) is 4. The molecule has 1 aliphatic carbocycles. The van der Waals surface area contributed by atoms with Gasteiger partial charge >= 0.3 is 0 Å². The Morgan fingerprint density at radius 3 is 2.96 bits per heavy atom. The van der Waals surface area contributed by atoms with Crippen LogP contribution in [0.3, 0.4) is 0 Å². The van der Waals surface area contributed by atoms with Gasteiger partial charge in [0, 0.05) is 23.3 Å². The van der Waals surface area contributed by atoms with Crippen LogP contribution in [-0.2, 0) is 17.6 Å². The number of carbonyl (C=O) groups excluding carboxylic acids is 1. The molecule has 7 heteroatoms. The second-order valence-corrected chi connectivity index (χ2v) is 7.59. The molecule has 0 bridgehead atoms. The highest BCUT2D eigenvalue weighted by Crippen LogP contribution is 2.33. The topological polar surface area (TPSA) is 64.0 Å². The summed E-state index contributed by atoms with van der Waals surface area (Å²) in [5.41, 5.74) is 2.46. The van der Waals surface area contributed by atoms with Crippen molar-refractivity contribution in [2.24, 2.45) is 0 Å². The van der Waals surface area contributed by atoms with E-state index < -0.39 is 0 Å². The third-order valence-electron chi connectivity index (χ3n) is 4.74. The van der Waals surface area contributed by atoms with Crippen molar-refractivity contribution >= 4 is 17.7 Å². The molecule has 2 aliphatic rings. The predicted molar refractivity (Wildman–Crippen MR) is 101 cm³/mol. The molecule has 0 saturated heterocycles. The molecule has 1 aliphatic heterocycles. The standard InChI is InChI=1S/C20H18FN3O2S/c21-14-8-6-13(7-9-14)3-2-10-22-18(25)11-15-12-27-20-23-17-5-1-4-16(17)19(26)24(15)20/h6-9,15H,1,4-5,10-12H2,(H,22,25). The van der Waals surface area contributed by atoms with Crippen molar-refractivity contribution in [2.75, 3.05) is 12.3 Å². The van der Waals surface area contributed by atoms with Crippen molar-refractivity contribution in [3.8, 4) is 11.8 Å². The predicted octanol–water partition coefficient (Wildman–Crippen LogP) is 2.08. The van der Waals surface area contributed by atoms with Crippen molar-refractivity contribution in [1.29, 1.82) is 0 Å². The van der Waals surface area contributed by atoms with Crippen LogP contribution in [0.15, 0.2) is 34.2 Å². The molecule has 138 valence electrons. The third-order valence-corrected chi connectivity index (χ3v) is 5.84. The van der Waals surface area contributed by atoms with Crippen LogP contribution in [0.25, 0.3) is 0 Å². The molecule has 1 amide bonds. The molecule has 27 heavy (non-hydrogen) atoms. The number of hydrogen-bond donors (Lipinski definition) is 1. The average Bonchev–Trinajstić information content (AvgIpc) is 3.28. The molecule has 1 N–H and O–H groups in total. The second kappa shape index (κ2) is 7.57. The van der Waals surface area contributed by atoms with Gasteiger partial charge in [-0.1, -0.05) is 23.6 Å². The maximum absolute atomic E-state index is 12.8. The van der Waals surface area contributed by atoms with E-state index in [4.69, 9.17) is 0 Å². The van der Waals surface area contributed by atoms with Gasteiger partial charge in [0.15, 0.2) is 5.16 Å². The molecule has 0 fully saturated rings. The number of rotatable bonds is 3. The summed E-state index contributed by atoms with van der Waals surface area (Å²) in [4.78, 5) is 29.6. The van der Waals surface area contributed by atoms with E-state index in [1.165, 1.54) is 23.9 Å². The maximum Gasteiger partial charge on any atom is 0.257 e. The molecular formula is C20H18FN3O2S. The highest BCUT2D eigenvalue weighted by Gasteiger charge is 2.30. The number of halogens is 1. The monoisotopic (exact) mass is 383 g/mol. The number of thioether (sulfide) groups is 1. The minimum Gasteiger partial charge on any atom is -0.345 e. The molecule has 4 rings (SSSR count). The number of amides is 1. The first kappa shape index (κ1) is 17.8. The van der Waals surface area contributed by atoms with Crippen molar-refractivity contribution in [3.05, 3.63) is 57.3 Å². The van der Waals surface area contributed by atoms with Crippen LogP contribution < -0.4 is 10.9 Å². The Balaban J connectivity index is 1.37. The van der Waals surface area contributed by atoms with Gasteiger partial charge in [-0.3, -0.25) is 14.2 Å². The lowest BCUT2D eigenvalue weighted by molar-refractivity contribution is -0.121. The van der Waals surface area contributed by atoms with Gasteiger partial charge in [-0.05, 0) is 43.5 Å². The lowest BCUT2D eigenvalue weighted by atomic mass is 10.2. The van der Waals surface area contributed by atoms with Gasteiger partial charge in [-0.15, -0.1) is 0 Å². The van der Waals surface area contributed by atoms with Gasteiger partial charge < -0.3 is 5.32 Å². The first-order valence-corrected chi connectivity index (χ1v) is 9.88. The molecule has 2 heterocycles. The van der Waals surface area contributed by atoms with Gasteiger partial charge in [-0.2, -0.15) is 0 Å². The minimum absolute atomic E-state index is 0.0198. The molecule has 2 aromatic rings. The van der Waals surface area contributed by atoms with Crippen LogP contribution >= 0.6 is 11.8 Å². The average molecular weight is 383 g/mol. The van der Waals surface area contributed by atoms with E-state index in [-0.39, 0.29) is 36.3 Å². The van der Waals surface area contributed by atoms with Crippen molar-refractivity contribution in [1.82, 2.24) is 14.9 Å². The SMILES string of the molecule is O=C(CC1CSc2nc3c(c(=O)n21)CCC3)NCC#Cc1ccc(F)cc1. The Bertz CT molecular complexity index is 1000. The maximum atomic E-state index is 12.8. The largest absolute Gasteiger partial charge is 0.345 e. The van der Waals surface area contributed by atoms with Crippen molar-refractivity contribution < 1.29 is 9.18 Å². The molecule has 1 aromatic heterocycles. The summed E-state index contributed by atoms with van der Waals surface area (Å²) in [6.45, 7) is 0.209. The summed E-state index contributed by atoms with van der Waals surface area (Å²) in [5.74, 6) is 5.95. The quantitative estimate of drug-likeness (QED) is 0.651. The third kappa shape index (κ3) is 3.76. The zero-order valence-electron chi connectivity index (χ0n) is 14.6. The zero-order valence-corrected chi connectivity index (χ0v) is 15.4. The van der Waals surface area contributed by atoms with E-state index in [9.17, 15) is 14.0 Å². The zero-order chi connectivity index (χ0) is 18.8. The van der Waals surface area contributed by atoms with Crippen LogP contribution in [0.2, 0.25) is 0 Å². The summed E-state index contributed by atoms with van der Waals surface area (Å²) in [6, 6.07) is 5.71. The fourth-order valence-corrected chi connectivity index (χ4v) is 4.57. The fraction of sp³-hybridized carbons (Fsp3) is 0.350. The number of carbonyl (C=O) groups is 1. The number of nitrogens with one attached hydrogen (secondary N) is 1. The molecule has 1 atom stereocenters. The lowest BCUT2D eigenvalue weighted by Crippen LogP contribution is -2.32. The molecule has 0 saturated carbocycles. The molecule has 1 unspecified atom stereocenters. The Kier molecular flexibility index (Phi) is 4.99.